The van der Waals surface area contributed by atoms with Crippen LogP contribution in [0.3, 0.4) is 0 Å². The third kappa shape index (κ3) is 3.58. The fourth-order valence-corrected chi connectivity index (χ4v) is 1.43. The molecule has 0 atom stereocenters. The second-order valence-corrected chi connectivity index (χ2v) is 3.48. The summed E-state index contributed by atoms with van der Waals surface area (Å²) in [6.45, 7) is 7.62. The van der Waals surface area contributed by atoms with Crippen LogP contribution in [0.25, 0.3) is 0 Å². The summed E-state index contributed by atoms with van der Waals surface area (Å²) in [5.41, 5.74) is 5.38. The van der Waals surface area contributed by atoms with E-state index in [2.05, 4.69) is 24.1 Å². The molecule has 0 fully saturated rings. The summed E-state index contributed by atoms with van der Waals surface area (Å²) < 4.78 is 5.01. The molecule has 0 unspecified atom stereocenters. The van der Waals surface area contributed by atoms with Gasteiger partial charge in [0, 0.05) is 19.2 Å². The SMILES string of the molecule is CCN(CC)CCNC(=O)c1ccc(N)o1. The van der Waals surface area contributed by atoms with E-state index in [1.807, 2.05) is 0 Å². The second kappa shape index (κ2) is 6.17. The van der Waals surface area contributed by atoms with Gasteiger partial charge in [0.25, 0.3) is 5.91 Å². The van der Waals surface area contributed by atoms with E-state index in [0.717, 1.165) is 19.6 Å². The first-order valence-electron chi connectivity index (χ1n) is 5.53. The lowest BCUT2D eigenvalue weighted by Gasteiger charge is -2.17. The number of hydrogen-bond acceptors (Lipinski definition) is 4. The lowest BCUT2D eigenvalue weighted by Crippen LogP contribution is -2.34. The van der Waals surface area contributed by atoms with E-state index in [4.69, 9.17) is 10.2 Å². The average Bonchev–Trinajstić information content (AvgIpc) is 2.71. The van der Waals surface area contributed by atoms with Crippen LogP contribution < -0.4 is 11.1 Å². The lowest BCUT2D eigenvalue weighted by molar-refractivity contribution is 0.0922. The molecule has 1 aromatic heterocycles. The zero-order valence-corrected chi connectivity index (χ0v) is 9.82. The van der Waals surface area contributed by atoms with Crippen molar-refractivity contribution in [2.75, 3.05) is 31.9 Å². The summed E-state index contributed by atoms with van der Waals surface area (Å²) in [6, 6.07) is 3.14. The number of carbonyl (C=O) groups is 1. The van der Waals surface area contributed by atoms with Crippen LogP contribution in [0.1, 0.15) is 24.4 Å². The molecule has 0 radical (unpaired) electrons. The number of rotatable bonds is 6. The van der Waals surface area contributed by atoms with Crippen LogP contribution >= 0.6 is 0 Å². The molecule has 5 heteroatoms. The highest BCUT2D eigenvalue weighted by molar-refractivity contribution is 5.91. The molecule has 3 N–H and O–H groups in total. The Labute approximate surface area is 95.6 Å². The number of furan rings is 1. The maximum absolute atomic E-state index is 11.5. The molecule has 0 saturated carbocycles. The van der Waals surface area contributed by atoms with E-state index in [1.54, 1.807) is 12.1 Å². The van der Waals surface area contributed by atoms with Crippen LogP contribution in [0.2, 0.25) is 0 Å². The van der Waals surface area contributed by atoms with Gasteiger partial charge in [0.1, 0.15) is 0 Å². The largest absolute Gasteiger partial charge is 0.436 e. The number of amides is 1. The van der Waals surface area contributed by atoms with Crippen molar-refractivity contribution in [3.63, 3.8) is 0 Å². The normalized spacial score (nSPS) is 10.7. The van der Waals surface area contributed by atoms with E-state index in [9.17, 15) is 4.79 Å². The minimum Gasteiger partial charge on any atom is -0.436 e. The van der Waals surface area contributed by atoms with Crippen molar-refractivity contribution in [3.8, 4) is 0 Å². The Morgan fingerprint density at radius 1 is 1.44 bits per heavy atom. The highest BCUT2D eigenvalue weighted by atomic mass is 16.4. The number of nitrogens with zero attached hydrogens (tertiary/aromatic N) is 1. The van der Waals surface area contributed by atoms with Crippen molar-refractivity contribution in [2.45, 2.75) is 13.8 Å². The minimum atomic E-state index is -0.219. The monoisotopic (exact) mass is 225 g/mol. The van der Waals surface area contributed by atoms with Gasteiger partial charge in [0.2, 0.25) is 0 Å². The Kier molecular flexibility index (Phi) is 4.85. The molecular weight excluding hydrogens is 206 g/mol. The average molecular weight is 225 g/mol. The summed E-state index contributed by atoms with van der Waals surface area (Å²) in [6.07, 6.45) is 0. The smallest absolute Gasteiger partial charge is 0.287 e. The Hall–Kier alpha value is -1.49. The molecule has 5 nitrogen and oxygen atoms in total. The fourth-order valence-electron chi connectivity index (χ4n) is 1.43. The Morgan fingerprint density at radius 3 is 2.62 bits per heavy atom. The molecule has 0 spiro atoms. The van der Waals surface area contributed by atoms with Gasteiger partial charge in [-0.1, -0.05) is 13.8 Å². The van der Waals surface area contributed by atoms with Gasteiger partial charge >= 0.3 is 0 Å². The Morgan fingerprint density at radius 2 is 2.12 bits per heavy atom. The van der Waals surface area contributed by atoms with Crippen molar-refractivity contribution >= 4 is 11.8 Å². The topological polar surface area (TPSA) is 71.5 Å². The lowest BCUT2D eigenvalue weighted by atomic mass is 10.4. The maximum atomic E-state index is 11.5. The van der Waals surface area contributed by atoms with Crippen molar-refractivity contribution in [1.29, 1.82) is 0 Å². The highest BCUT2D eigenvalue weighted by Gasteiger charge is 2.09. The van der Waals surface area contributed by atoms with Gasteiger partial charge in [0.05, 0.1) is 0 Å². The molecule has 0 bridgehead atoms. The molecule has 0 aliphatic heterocycles. The van der Waals surface area contributed by atoms with Gasteiger partial charge in [0.15, 0.2) is 11.6 Å². The summed E-state index contributed by atoms with van der Waals surface area (Å²) in [4.78, 5) is 13.8. The van der Waals surface area contributed by atoms with Crippen LogP contribution in [0.5, 0.6) is 0 Å². The van der Waals surface area contributed by atoms with Crippen molar-refractivity contribution in [3.05, 3.63) is 17.9 Å². The molecule has 1 heterocycles. The van der Waals surface area contributed by atoms with Gasteiger partial charge in [-0.05, 0) is 19.2 Å². The standard InChI is InChI=1S/C11H19N3O2/c1-3-14(4-2)8-7-13-11(15)9-5-6-10(12)16-9/h5-6H,3-4,7-8,12H2,1-2H3,(H,13,15). The summed E-state index contributed by atoms with van der Waals surface area (Å²) in [5, 5.41) is 2.78. The van der Waals surface area contributed by atoms with Crippen LogP contribution in [0.4, 0.5) is 5.88 Å². The first-order valence-corrected chi connectivity index (χ1v) is 5.53. The molecule has 0 aromatic carbocycles. The third-order valence-corrected chi connectivity index (χ3v) is 2.46. The molecule has 1 amide bonds. The number of nitrogens with one attached hydrogen (secondary N) is 1. The number of hydrogen-bond donors (Lipinski definition) is 2. The molecule has 0 aliphatic rings. The molecule has 90 valence electrons. The van der Waals surface area contributed by atoms with Gasteiger partial charge in [-0.2, -0.15) is 0 Å². The molecular formula is C11H19N3O2. The van der Waals surface area contributed by atoms with E-state index >= 15 is 0 Å². The van der Waals surface area contributed by atoms with Crippen LogP contribution in [0, 0.1) is 0 Å². The molecule has 1 rings (SSSR count). The number of carbonyl (C=O) groups excluding carboxylic acids is 1. The predicted molar refractivity (Wildman–Crippen MR) is 63.2 cm³/mol. The van der Waals surface area contributed by atoms with E-state index in [1.165, 1.54) is 0 Å². The molecule has 0 aliphatic carbocycles. The zero-order chi connectivity index (χ0) is 12.0. The minimum absolute atomic E-state index is 0.219. The van der Waals surface area contributed by atoms with E-state index in [-0.39, 0.29) is 17.6 Å². The first-order chi connectivity index (χ1) is 7.67. The number of anilines is 1. The van der Waals surface area contributed by atoms with Crippen molar-refractivity contribution in [1.82, 2.24) is 10.2 Å². The van der Waals surface area contributed by atoms with Crippen LogP contribution in [0.15, 0.2) is 16.5 Å². The Balaban J connectivity index is 2.30. The molecule has 0 saturated heterocycles. The molecule has 1 aromatic rings. The number of nitrogen functional groups attached to an aromatic ring is 1. The Bertz CT molecular complexity index is 332. The fraction of sp³-hybridized carbons (Fsp3) is 0.545. The zero-order valence-electron chi connectivity index (χ0n) is 9.82. The summed E-state index contributed by atoms with van der Waals surface area (Å²) in [5.74, 6) is 0.301. The van der Waals surface area contributed by atoms with Gasteiger partial charge in [-0.3, -0.25) is 4.79 Å². The number of nitrogens with two attached hydrogens (primary N) is 1. The van der Waals surface area contributed by atoms with Gasteiger partial charge < -0.3 is 20.4 Å². The summed E-state index contributed by atoms with van der Waals surface area (Å²) in [7, 11) is 0. The van der Waals surface area contributed by atoms with Crippen molar-refractivity contribution in [2.24, 2.45) is 0 Å². The first kappa shape index (κ1) is 12.6. The maximum Gasteiger partial charge on any atom is 0.287 e. The quantitative estimate of drug-likeness (QED) is 0.755. The van der Waals surface area contributed by atoms with Crippen LogP contribution in [-0.2, 0) is 0 Å². The van der Waals surface area contributed by atoms with Crippen molar-refractivity contribution < 1.29 is 9.21 Å². The predicted octanol–water partition coefficient (Wildman–Crippen LogP) is 0.933. The van der Waals surface area contributed by atoms with Gasteiger partial charge in [-0.25, -0.2) is 0 Å². The third-order valence-electron chi connectivity index (χ3n) is 2.46. The second-order valence-electron chi connectivity index (χ2n) is 3.48. The van der Waals surface area contributed by atoms with Crippen LogP contribution in [-0.4, -0.2) is 37.0 Å². The summed E-state index contributed by atoms with van der Waals surface area (Å²) >= 11 is 0. The van der Waals surface area contributed by atoms with E-state index in [0.29, 0.717) is 6.54 Å². The highest BCUT2D eigenvalue weighted by Crippen LogP contribution is 2.08. The number of likely N-dealkylation sites (N-methyl/N-ethyl adjacent to an activating group) is 1. The molecule has 16 heavy (non-hydrogen) atoms. The van der Waals surface area contributed by atoms with Gasteiger partial charge in [-0.15, -0.1) is 0 Å². The van der Waals surface area contributed by atoms with E-state index < -0.39 is 0 Å².